The predicted octanol–water partition coefficient (Wildman–Crippen LogP) is 4.74. The first-order chi connectivity index (χ1) is 10.8. The molecule has 8 heteroatoms. The van der Waals surface area contributed by atoms with Gasteiger partial charge in [-0.15, -0.1) is 0 Å². The number of alkyl halides is 3. The summed E-state index contributed by atoms with van der Waals surface area (Å²) in [5.74, 6) is -3.50. The number of allylic oxidation sites excluding steroid dienone is 1. The molecule has 0 fully saturated rings. The number of aliphatic imine (C=N–C) groups is 1. The Morgan fingerprint density at radius 1 is 1.22 bits per heavy atom. The number of carbonyl (C=O) groups excluding carboxylic acids is 1. The fourth-order valence-electron chi connectivity index (χ4n) is 1.62. The Morgan fingerprint density at radius 2 is 1.91 bits per heavy atom. The highest BCUT2D eigenvalue weighted by molar-refractivity contribution is 6.33. The van der Waals surface area contributed by atoms with Crippen molar-refractivity contribution in [2.45, 2.75) is 6.18 Å². The van der Waals surface area contributed by atoms with E-state index in [1.165, 1.54) is 24.3 Å². The Balaban J connectivity index is 2.49. The van der Waals surface area contributed by atoms with E-state index in [0.29, 0.717) is 6.21 Å². The van der Waals surface area contributed by atoms with Crippen LogP contribution in [0.25, 0.3) is 5.76 Å². The molecule has 1 N–H and O–H groups in total. The van der Waals surface area contributed by atoms with Crippen molar-refractivity contribution in [2.24, 2.45) is 4.99 Å². The molecule has 0 saturated carbocycles. The van der Waals surface area contributed by atoms with E-state index in [0.717, 1.165) is 6.26 Å². The molecule has 0 radical (unpaired) electrons. The lowest BCUT2D eigenvalue weighted by Gasteiger charge is -2.07. The number of hydrogen-bond donors (Lipinski definition) is 1. The molecular formula is C15H9ClF3NO3. The highest BCUT2D eigenvalue weighted by Crippen LogP contribution is 2.27. The topological polar surface area (TPSA) is 62.8 Å². The zero-order valence-corrected chi connectivity index (χ0v) is 12.1. The van der Waals surface area contributed by atoms with E-state index in [-0.39, 0.29) is 16.5 Å². The minimum Gasteiger partial charge on any atom is -0.504 e. The molecule has 0 atom stereocenters. The van der Waals surface area contributed by atoms with Gasteiger partial charge in [-0.05, 0) is 24.3 Å². The summed E-state index contributed by atoms with van der Waals surface area (Å²) in [5.41, 5.74) is -0.902. The summed E-state index contributed by atoms with van der Waals surface area (Å²) in [5, 5.41) is 10.1. The number of aliphatic hydroxyl groups excluding tert-OH is 1. The van der Waals surface area contributed by atoms with E-state index in [9.17, 15) is 23.1 Å². The first-order valence-electron chi connectivity index (χ1n) is 6.18. The zero-order valence-electron chi connectivity index (χ0n) is 11.3. The van der Waals surface area contributed by atoms with Crippen LogP contribution in [0.1, 0.15) is 5.76 Å². The average molecular weight is 344 g/mol. The summed E-state index contributed by atoms with van der Waals surface area (Å²) < 4.78 is 42.9. The first kappa shape index (κ1) is 16.8. The Morgan fingerprint density at radius 3 is 2.48 bits per heavy atom. The van der Waals surface area contributed by atoms with Gasteiger partial charge in [-0.25, -0.2) is 0 Å². The number of ketones is 1. The van der Waals surface area contributed by atoms with Crippen molar-refractivity contribution in [3.8, 4) is 0 Å². The smallest absolute Gasteiger partial charge is 0.455 e. The van der Waals surface area contributed by atoms with Crippen molar-refractivity contribution in [3.63, 3.8) is 0 Å². The van der Waals surface area contributed by atoms with Gasteiger partial charge in [0, 0.05) is 6.21 Å². The number of aliphatic hydroxyl groups is 1. The van der Waals surface area contributed by atoms with Gasteiger partial charge in [-0.1, -0.05) is 23.7 Å². The molecule has 0 bridgehead atoms. The van der Waals surface area contributed by atoms with Crippen molar-refractivity contribution in [2.75, 3.05) is 0 Å². The van der Waals surface area contributed by atoms with E-state index in [1.807, 2.05) is 0 Å². The largest absolute Gasteiger partial charge is 0.504 e. The standard InChI is InChI=1S/C15H9ClF3NO3/c16-10-4-1-2-5-11(10)20-8-9(14(22)15(17,18)19)13(21)12-6-3-7-23-12/h1-8,21H. The van der Waals surface area contributed by atoms with Gasteiger partial charge in [0.05, 0.1) is 22.5 Å². The molecule has 120 valence electrons. The second kappa shape index (κ2) is 6.70. The highest BCUT2D eigenvalue weighted by atomic mass is 35.5. The summed E-state index contributed by atoms with van der Waals surface area (Å²) in [7, 11) is 0. The summed E-state index contributed by atoms with van der Waals surface area (Å²) in [4.78, 5) is 15.2. The van der Waals surface area contributed by atoms with Crippen LogP contribution < -0.4 is 0 Å². The minimum absolute atomic E-state index is 0.147. The van der Waals surface area contributed by atoms with Crippen LogP contribution in [0.2, 0.25) is 5.02 Å². The molecular weight excluding hydrogens is 335 g/mol. The van der Waals surface area contributed by atoms with Crippen molar-refractivity contribution in [1.29, 1.82) is 0 Å². The van der Waals surface area contributed by atoms with Gasteiger partial charge in [-0.2, -0.15) is 13.2 Å². The number of furan rings is 1. The van der Waals surface area contributed by atoms with E-state index in [1.54, 1.807) is 12.1 Å². The summed E-state index contributed by atoms with van der Waals surface area (Å²) in [6, 6.07) is 8.67. The first-order valence-corrected chi connectivity index (χ1v) is 6.55. The number of halogens is 4. The maximum absolute atomic E-state index is 12.7. The number of benzene rings is 1. The molecule has 2 rings (SSSR count). The number of rotatable bonds is 4. The van der Waals surface area contributed by atoms with Gasteiger partial charge in [0.15, 0.2) is 11.5 Å². The number of Topliss-reactive ketones (excluding diaryl/α,β-unsaturated/α-hetero) is 1. The fourth-order valence-corrected chi connectivity index (χ4v) is 1.80. The van der Waals surface area contributed by atoms with Crippen LogP contribution in [0.5, 0.6) is 0 Å². The van der Waals surface area contributed by atoms with Gasteiger partial charge < -0.3 is 9.52 Å². The van der Waals surface area contributed by atoms with Gasteiger partial charge in [0.1, 0.15) is 0 Å². The molecule has 0 aliphatic heterocycles. The van der Waals surface area contributed by atoms with Gasteiger partial charge >= 0.3 is 6.18 Å². The summed E-state index contributed by atoms with van der Waals surface area (Å²) in [6.45, 7) is 0. The van der Waals surface area contributed by atoms with Gasteiger partial charge in [0.2, 0.25) is 0 Å². The van der Waals surface area contributed by atoms with Gasteiger partial charge in [-0.3, -0.25) is 9.79 Å². The minimum atomic E-state index is -5.18. The molecule has 2 aromatic rings. The molecule has 23 heavy (non-hydrogen) atoms. The third-order valence-corrected chi connectivity index (χ3v) is 3.02. The van der Waals surface area contributed by atoms with Gasteiger partial charge in [0.25, 0.3) is 5.78 Å². The predicted molar refractivity (Wildman–Crippen MR) is 78.9 cm³/mol. The Labute approximate surface area is 133 Å². The normalized spacial score (nSPS) is 13.2. The summed E-state index contributed by atoms with van der Waals surface area (Å²) in [6.07, 6.45) is -3.43. The number of hydrogen-bond acceptors (Lipinski definition) is 4. The molecule has 0 saturated heterocycles. The third-order valence-electron chi connectivity index (χ3n) is 2.70. The van der Waals surface area contributed by atoms with Crippen molar-refractivity contribution >= 4 is 35.0 Å². The lowest BCUT2D eigenvalue weighted by molar-refractivity contribution is -0.165. The van der Waals surface area contributed by atoms with Crippen molar-refractivity contribution in [1.82, 2.24) is 0 Å². The van der Waals surface area contributed by atoms with Crippen LogP contribution in [0.4, 0.5) is 18.9 Å². The number of para-hydroxylation sites is 1. The van der Waals surface area contributed by atoms with Crippen LogP contribution in [0, 0.1) is 0 Å². The second-order valence-corrected chi connectivity index (χ2v) is 4.68. The molecule has 0 spiro atoms. The molecule has 4 nitrogen and oxygen atoms in total. The Hall–Kier alpha value is -2.54. The molecule has 0 aliphatic rings. The lowest BCUT2D eigenvalue weighted by Crippen LogP contribution is -2.26. The van der Waals surface area contributed by atoms with E-state index in [4.69, 9.17) is 16.0 Å². The maximum Gasteiger partial charge on any atom is 0.455 e. The number of nitrogens with zero attached hydrogens (tertiary/aromatic N) is 1. The average Bonchev–Trinajstić information content (AvgIpc) is 3.02. The fraction of sp³-hybridized carbons (Fsp3) is 0.0667. The van der Waals surface area contributed by atoms with Crippen LogP contribution in [-0.4, -0.2) is 23.3 Å². The van der Waals surface area contributed by atoms with E-state index >= 15 is 0 Å². The summed E-state index contributed by atoms with van der Waals surface area (Å²) >= 11 is 5.84. The van der Waals surface area contributed by atoms with E-state index < -0.39 is 23.3 Å². The van der Waals surface area contributed by atoms with Crippen molar-refractivity contribution < 1.29 is 27.5 Å². The molecule has 0 unspecified atom stereocenters. The van der Waals surface area contributed by atoms with E-state index in [2.05, 4.69) is 4.99 Å². The monoisotopic (exact) mass is 343 g/mol. The Bertz CT molecular complexity index is 765. The molecule has 1 aromatic heterocycles. The molecule has 1 aromatic carbocycles. The maximum atomic E-state index is 12.7. The zero-order chi connectivity index (χ0) is 17.0. The van der Waals surface area contributed by atoms with Crippen molar-refractivity contribution in [3.05, 3.63) is 59.0 Å². The highest BCUT2D eigenvalue weighted by Gasteiger charge is 2.42. The SMILES string of the molecule is O=C(C(C=Nc1ccccc1Cl)=C(O)c1ccco1)C(F)(F)F. The second-order valence-electron chi connectivity index (χ2n) is 4.28. The lowest BCUT2D eigenvalue weighted by atomic mass is 10.1. The van der Waals surface area contributed by atoms with Crippen LogP contribution in [0.15, 0.2) is 57.6 Å². The van der Waals surface area contributed by atoms with Crippen LogP contribution in [-0.2, 0) is 4.79 Å². The molecule has 1 heterocycles. The Kier molecular flexibility index (Phi) is 4.90. The van der Waals surface area contributed by atoms with Crippen LogP contribution in [0.3, 0.4) is 0 Å². The third kappa shape index (κ3) is 4.01. The molecule has 0 amide bonds. The molecule has 0 aliphatic carbocycles. The quantitative estimate of drug-likeness (QED) is 0.495. The number of carbonyl (C=O) groups is 1. The van der Waals surface area contributed by atoms with Crippen LogP contribution >= 0.6 is 11.6 Å².